The van der Waals surface area contributed by atoms with Crippen molar-refractivity contribution < 1.29 is 19.1 Å². The third kappa shape index (κ3) is 3.96. The average Bonchev–Trinajstić information content (AvgIpc) is 3.06. The number of rotatable bonds is 7. The van der Waals surface area contributed by atoms with Gasteiger partial charge in [0.15, 0.2) is 19.0 Å². The van der Waals surface area contributed by atoms with Crippen LogP contribution in [-0.2, 0) is 27.5 Å². The number of aromatic nitrogens is 3. The van der Waals surface area contributed by atoms with Crippen molar-refractivity contribution in [2.75, 3.05) is 18.1 Å². The molecule has 0 saturated heterocycles. The van der Waals surface area contributed by atoms with Gasteiger partial charge in [0.1, 0.15) is 12.1 Å². The number of nitrogens with zero attached hydrogens (tertiary/aromatic N) is 4. The molecular weight excluding hydrogens is 324 g/mol. The van der Waals surface area contributed by atoms with Crippen LogP contribution in [-0.4, -0.2) is 39.8 Å². The first-order chi connectivity index (χ1) is 12.2. The number of hydrogen-bond donors (Lipinski definition) is 0. The number of ether oxygens (including phenoxy) is 2. The highest BCUT2D eigenvalue weighted by atomic mass is 16.5. The van der Waals surface area contributed by atoms with E-state index in [9.17, 15) is 9.59 Å². The molecule has 8 heteroatoms. The number of fused-ring (bicyclic) bond motifs is 1. The van der Waals surface area contributed by atoms with E-state index in [2.05, 4.69) is 10.2 Å². The molecule has 0 fully saturated rings. The van der Waals surface area contributed by atoms with E-state index >= 15 is 0 Å². The number of aryl methyl sites for hydroxylation is 1. The SMILES string of the molecule is CCCn1cnnc1COC(=O)CCN1C(=O)COc2ccccc21. The van der Waals surface area contributed by atoms with Crippen molar-refractivity contribution in [1.82, 2.24) is 14.8 Å². The van der Waals surface area contributed by atoms with Gasteiger partial charge in [-0.2, -0.15) is 0 Å². The van der Waals surface area contributed by atoms with E-state index in [1.54, 1.807) is 23.4 Å². The molecule has 1 aromatic heterocycles. The van der Waals surface area contributed by atoms with Crippen molar-refractivity contribution in [3.8, 4) is 5.75 Å². The van der Waals surface area contributed by atoms with Crippen LogP contribution in [0.25, 0.3) is 0 Å². The zero-order chi connectivity index (χ0) is 17.6. The Morgan fingerprint density at radius 2 is 2.16 bits per heavy atom. The van der Waals surface area contributed by atoms with Crippen LogP contribution in [0, 0.1) is 0 Å². The first-order valence-corrected chi connectivity index (χ1v) is 8.23. The molecule has 0 aliphatic carbocycles. The minimum atomic E-state index is -0.386. The van der Waals surface area contributed by atoms with Crippen molar-refractivity contribution in [1.29, 1.82) is 0 Å². The van der Waals surface area contributed by atoms with Crippen molar-refractivity contribution in [3.63, 3.8) is 0 Å². The van der Waals surface area contributed by atoms with Crippen LogP contribution in [0.15, 0.2) is 30.6 Å². The van der Waals surface area contributed by atoms with Crippen LogP contribution in [0.1, 0.15) is 25.6 Å². The summed E-state index contributed by atoms with van der Waals surface area (Å²) in [6, 6.07) is 7.26. The quantitative estimate of drug-likeness (QED) is 0.708. The van der Waals surface area contributed by atoms with Crippen LogP contribution in [0.3, 0.4) is 0 Å². The second-order valence-corrected chi connectivity index (χ2v) is 5.65. The van der Waals surface area contributed by atoms with E-state index in [0.29, 0.717) is 17.3 Å². The van der Waals surface area contributed by atoms with E-state index in [1.165, 1.54) is 0 Å². The van der Waals surface area contributed by atoms with Crippen LogP contribution < -0.4 is 9.64 Å². The lowest BCUT2D eigenvalue weighted by atomic mass is 10.2. The number of benzene rings is 1. The highest BCUT2D eigenvalue weighted by Crippen LogP contribution is 2.31. The second-order valence-electron chi connectivity index (χ2n) is 5.65. The molecule has 2 aromatic rings. The Kier molecular flexibility index (Phi) is 5.27. The molecule has 2 heterocycles. The van der Waals surface area contributed by atoms with E-state index in [-0.39, 0.29) is 38.1 Å². The summed E-state index contributed by atoms with van der Waals surface area (Å²) in [5, 5.41) is 7.78. The van der Waals surface area contributed by atoms with Crippen LogP contribution in [0.5, 0.6) is 5.75 Å². The molecular formula is C17H20N4O4. The number of carbonyl (C=O) groups is 2. The summed E-state index contributed by atoms with van der Waals surface area (Å²) < 4.78 is 12.5. The lowest BCUT2D eigenvalue weighted by Gasteiger charge is -2.28. The Balaban J connectivity index is 1.54. The average molecular weight is 344 g/mol. The summed E-state index contributed by atoms with van der Waals surface area (Å²) in [6.45, 7) is 3.13. The van der Waals surface area contributed by atoms with Gasteiger partial charge >= 0.3 is 5.97 Å². The Morgan fingerprint density at radius 1 is 1.32 bits per heavy atom. The molecule has 8 nitrogen and oxygen atoms in total. The maximum absolute atomic E-state index is 12.1. The largest absolute Gasteiger partial charge is 0.482 e. The molecule has 0 N–H and O–H groups in total. The summed E-state index contributed by atoms with van der Waals surface area (Å²) in [6.07, 6.45) is 2.66. The van der Waals surface area contributed by atoms with Crippen molar-refractivity contribution in [3.05, 3.63) is 36.4 Å². The van der Waals surface area contributed by atoms with E-state index < -0.39 is 0 Å². The molecule has 3 rings (SSSR count). The molecule has 25 heavy (non-hydrogen) atoms. The van der Waals surface area contributed by atoms with Gasteiger partial charge in [0.2, 0.25) is 0 Å². The summed E-state index contributed by atoms with van der Waals surface area (Å²) in [5.41, 5.74) is 0.675. The van der Waals surface area contributed by atoms with Crippen molar-refractivity contribution in [2.45, 2.75) is 32.9 Å². The highest BCUT2D eigenvalue weighted by molar-refractivity contribution is 5.98. The molecule has 1 aliphatic rings. The fraction of sp³-hybridized carbons (Fsp3) is 0.412. The summed E-state index contributed by atoms with van der Waals surface area (Å²) >= 11 is 0. The molecule has 0 bridgehead atoms. The fourth-order valence-corrected chi connectivity index (χ4v) is 2.64. The Morgan fingerprint density at radius 3 is 3.00 bits per heavy atom. The van der Waals surface area contributed by atoms with Gasteiger partial charge in [0.25, 0.3) is 5.91 Å². The molecule has 0 spiro atoms. The lowest BCUT2D eigenvalue weighted by molar-refractivity contribution is -0.145. The second kappa shape index (κ2) is 7.78. The van der Waals surface area contributed by atoms with E-state index in [4.69, 9.17) is 9.47 Å². The minimum absolute atomic E-state index is 0.0216. The standard InChI is InChI=1S/C17H20N4O4/c1-2-8-20-12-18-19-15(20)10-25-17(23)7-9-21-13-5-3-4-6-14(13)24-11-16(21)22/h3-6,12H,2,7-11H2,1H3. The van der Waals surface area contributed by atoms with Crippen LogP contribution in [0.2, 0.25) is 0 Å². The van der Waals surface area contributed by atoms with E-state index in [1.807, 2.05) is 23.6 Å². The minimum Gasteiger partial charge on any atom is -0.482 e. The Bertz CT molecular complexity index is 759. The van der Waals surface area contributed by atoms with Crippen LogP contribution in [0.4, 0.5) is 5.69 Å². The van der Waals surface area contributed by atoms with Gasteiger partial charge in [-0.25, -0.2) is 0 Å². The van der Waals surface area contributed by atoms with Gasteiger partial charge in [0, 0.05) is 13.1 Å². The first-order valence-electron chi connectivity index (χ1n) is 8.23. The van der Waals surface area contributed by atoms with E-state index in [0.717, 1.165) is 13.0 Å². The number of amides is 1. The third-order valence-corrected chi connectivity index (χ3v) is 3.87. The zero-order valence-electron chi connectivity index (χ0n) is 14.1. The first kappa shape index (κ1) is 16.9. The maximum Gasteiger partial charge on any atom is 0.308 e. The maximum atomic E-state index is 12.1. The molecule has 0 atom stereocenters. The molecule has 1 aliphatic heterocycles. The molecule has 1 amide bonds. The van der Waals surface area contributed by atoms with Crippen molar-refractivity contribution in [2.24, 2.45) is 0 Å². The predicted octanol–water partition coefficient (Wildman–Crippen LogP) is 1.55. The van der Waals surface area contributed by atoms with Gasteiger partial charge in [-0.3, -0.25) is 9.59 Å². The molecule has 132 valence electrons. The van der Waals surface area contributed by atoms with Gasteiger partial charge < -0.3 is 18.9 Å². The Labute approximate surface area is 145 Å². The predicted molar refractivity (Wildman–Crippen MR) is 89.0 cm³/mol. The molecule has 1 aromatic carbocycles. The van der Waals surface area contributed by atoms with Crippen molar-refractivity contribution >= 4 is 17.6 Å². The number of para-hydroxylation sites is 2. The monoisotopic (exact) mass is 344 g/mol. The topological polar surface area (TPSA) is 86.5 Å². The normalized spacial score (nSPS) is 13.3. The smallest absolute Gasteiger partial charge is 0.308 e. The fourth-order valence-electron chi connectivity index (χ4n) is 2.64. The Hall–Kier alpha value is -2.90. The molecule has 0 radical (unpaired) electrons. The molecule has 0 unspecified atom stereocenters. The summed E-state index contributed by atoms with van der Waals surface area (Å²) in [7, 11) is 0. The van der Waals surface area contributed by atoms with Crippen LogP contribution >= 0.6 is 0 Å². The number of carbonyl (C=O) groups excluding carboxylic acids is 2. The lowest BCUT2D eigenvalue weighted by Crippen LogP contribution is -2.40. The summed E-state index contributed by atoms with van der Waals surface area (Å²) in [4.78, 5) is 25.6. The zero-order valence-corrected chi connectivity index (χ0v) is 14.1. The number of hydrogen-bond acceptors (Lipinski definition) is 6. The molecule has 0 saturated carbocycles. The van der Waals surface area contributed by atoms with Gasteiger partial charge in [0.05, 0.1) is 12.1 Å². The summed E-state index contributed by atoms with van der Waals surface area (Å²) in [5.74, 6) is 0.697. The highest BCUT2D eigenvalue weighted by Gasteiger charge is 2.25. The van der Waals surface area contributed by atoms with Gasteiger partial charge in [-0.05, 0) is 18.6 Å². The van der Waals surface area contributed by atoms with Gasteiger partial charge in [-0.15, -0.1) is 10.2 Å². The number of anilines is 1. The third-order valence-electron chi connectivity index (χ3n) is 3.87. The number of esters is 1. The van der Waals surface area contributed by atoms with Gasteiger partial charge in [-0.1, -0.05) is 19.1 Å².